The lowest BCUT2D eigenvalue weighted by Gasteiger charge is -1.83. The molecule has 2 aliphatic rings. The van der Waals surface area contributed by atoms with Gasteiger partial charge >= 0.3 is 0 Å². The molecule has 0 N–H and O–H groups in total. The highest BCUT2D eigenvalue weighted by Crippen LogP contribution is 2.00. The summed E-state index contributed by atoms with van der Waals surface area (Å²) >= 11 is 0. The summed E-state index contributed by atoms with van der Waals surface area (Å²) in [6.07, 6.45) is 7.68. The lowest BCUT2D eigenvalue weighted by Crippen LogP contribution is -2.04. The highest BCUT2D eigenvalue weighted by Gasteiger charge is 2.12. The summed E-state index contributed by atoms with van der Waals surface area (Å²) in [6, 6.07) is 0. The van der Waals surface area contributed by atoms with Gasteiger partial charge in [0.15, 0.2) is 0 Å². The van der Waals surface area contributed by atoms with E-state index in [1.807, 2.05) is 27.7 Å². The zero-order valence-electron chi connectivity index (χ0n) is 17.4. The van der Waals surface area contributed by atoms with Crippen LogP contribution in [0.5, 0.6) is 0 Å². The van der Waals surface area contributed by atoms with Crippen LogP contribution >= 0.6 is 0 Å². The summed E-state index contributed by atoms with van der Waals surface area (Å²) in [4.78, 5) is 0. The van der Waals surface area contributed by atoms with Crippen molar-refractivity contribution >= 4 is 21.3 Å². The van der Waals surface area contributed by atoms with Crippen LogP contribution in [0.1, 0.15) is 82.1 Å². The van der Waals surface area contributed by atoms with E-state index in [4.69, 9.17) is 0 Å². The Morgan fingerprint density at radius 2 is 0.920 bits per heavy atom. The van der Waals surface area contributed by atoms with Crippen molar-refractivity contribution in [1.82, 2.24) is 0 Å². The Balaban J connectivity index is -0.0000000710. The fourth-order valence-corrected chi connectivity index (χ4v) is 1.91. The molecular formula is C20H50N2O2S+2. The molecule has 0 aromatic heterocycles. The average Bonchev–Trinajstić information content (AvgIpc) is 3.03. The van der Waals surface area contributed by atoms with Gasteiger partial charge in [0, 0.05) is 52.0 Å². The lowest BCUT2D eigenvalue weighted by molar-refractivity contribution is -0.489. The molecule has 156 valence electrons. The van der Waals surface area contributed by atoms with Gasteiger partial charge in [0.2, 0.25) is 0 Å². The van der Waals surface area contributed by atoms with Gasteiger partial charge in [0.1, 0.15) is 48.4 Å². The summed E-state index contributed by atoms with van der Waals surface area (Å²) in [6.45, 7) is 14.9. The maximum atomic E-state index is 9.63. The van der Waals surface area contributed by atoms with Crippen molar-refractivity contribution in [3.8, 4) is 0 Å². The third kappa shape index (κ3) is 28.4. The van der Waals surface area contributed by atoms with Crippen molar-refractivity contribution in [3.63, 3.8) is 0 Å². The van der Waals surface area contributed by atoms with Crippen LogP contribution in [0.15, 0.2) is 0 Å². The second kappa shape index (κ2) is 21.3. The van der Waals surface area contributed by atoms with E-state index in [0.29, 0.717) is 0 Å². The largest absolute Gasteiger partial charge is 0.240 e. The van der Waals surface area contributed by atoms with Crippen LogP contribution < -0.4 is 0 Å². The van der Waals surface area contributed by atoms with Crippen molar-refractivity contribution in [3.05, 3.63) is 0 Å². The van der Waals surface area contributed by atoms with Gasteiger partial charge in [-0.25, -0.2) is 17.6 Å². The Bertz CT molecular complexity index is 390. The molecule has 2 rings (SSSR count). The Kier molecular flexibility index (Phi) is 30.2. The zero-order chi connectivity index (χ0) is 19.1. The molecule has 0 aromatic carbocycles. The lowest BCUT2D eigenvalue weighted by atomic mass is 10.3. The number of hydrogen-bond acceptors (Lipinski definition) is 2. The van der Waals surface area contributed by atoms with Crippen LogP contribution in [0, 0.1) is 0 Å². The highest BCUT2D eigenvalue weighted by molar-refractivity contribution is 7.89. The standard InChI is InChI=1S/2C6H12N.C2H6O2S.2C2H6.2CH4/c2*1-6-4-3-5-7(6)2;1-5(2,3)4;2*1-2;;/h2*3-5H2,1-2H3;1-2H3;2*1-2H3;2*1H4/q2*+1;;;;;. The van der Waals surface area contributed by atoms with Crippen molar-refractivity contribution in [1.29, 1.82) is 0 Å². The molecule has 0 saturated carbocycles. The van der Waals surface area contributed by atoms with Gasteiger partial charge in [-0.1, -0.05) is 42.5 Å². The third-order valence-electron chi connectivity index (χ3n) is 3.37. The molecule has 2 aliphatic heterocycles. The molecule has 2 heterocycles. The van der Waals surface area contributed by atoms with Crippen molar-refractivity contribution in [2.75, 3.05) is 39.7 Å². The van der Waals surface area contributed by atoms with Gasteiger partial charge in [-0.3, -0.25) is 0 Å². The van der Waals surface area contributed by atoms with Crippen LogP contribution in [-0.2, 0) is 9.84 Å². The molecular weight excluding hydrogens is 332 g/mol. The summed E-state index contributed by atoms with van der Waals surface area (Å²) in [5.74, 6) is 0. The zero-order valence-corrected chi connectivity index (χ0v) is 18.2. The minimum Gasteiger partial charge on any atom is -0.240 e. The first kappa shape index (κ1) is 35.4. The molecule has 4 nitrogen and oxygen atoms in total. The Morgan fingerprint density at radius 3 is 0.960 bits per heavy atom. The van der Waals surface area contributed by atoms with E-state index < -0.39 is 9.84 Å². The third-order valence-corrected chi connectivity index (χ3v) is 3.37. The van der Waals surface area contributed by atoms with Crippen LogP contribution in [0.3, 0.4) is 0 Å². The average molecular weight is 383 g/mol. The van der Waals surface area contributed by atoms with E-state index in [1.54, 1.807) is 11.4 Å². The molecule has 0 spiro atoms. The Hall–Kier alpha value is -0.710. The topological polar surface area (TPSA) is 40.2 Å². The van der Waals surface area contributed by atoms with Gasteiger partial charge in [-0.05, 0) is 0 Å². The second-order valence-corrected chi connectivity index (χ2v) is 7.95. The van der Waals surface area contributed by atoms with Gasteiger partial charge in [-0.2, -0.15) is 0 Å². The predicted molar refractivity (Wildman–Crippen MR) is 119 cm³/mol. The number of rotatable bonds is 0. The summed E-state index contributed by atoms with van der Waals surface area (Å²) < 4.78 is 23.9. The molecule has 0 bridgehead atoms. The van der Waals surface area contributed by atoms with E-state index in [2.05, 4.69) is 37.1 Å². The first-order chi connectivity index (χ1) is 10.6. The number of hydrogen-bond donors (Lipinski definition) is 0. The number of nitrogens with zero attached hydrogens (tertiary/aromatic N) is 2. The summed E-state index contributed by atoms with van der Waals surface area (Å²) in [5, 5.41) is 0. The molecule has 0 saturated heterocycles. The molecule has 0 amide bonds. The SMILES string of the molecule is C.C.CC.CC.CC1=[N+](C)CCC1.CC1=[N+](C)CCC1.CS(C)(=O)=O. The van der Waals surface area contributed by atoms with E-state index in [-0.39, 0.29) is 14.9 Å². The van der Waals surface area contributed by atoms with Crippen LogP contribution in [0.2, 0.25) is 0 Å². The fraction of sp³-hybridized carbons (Fsp3) is 0.900. The second-order valence-electron chi connectivity index (χ2n) is 5.66. The minimum absolute atomic E-state index is 0. The smallest absolute Gasteiger partial charge is 0.149 e. The summed E-state index contributed by atoms with van der Waals surface area (Å²) in [5.41, 5.74) is 3.08. The molecule has 0 unspecified atom stereocenters. The van der Waals surface area contributed by atoms with Crippen molar-refractivity contribution in [2.45, 2.75) is 82.1 Å². The minimum atomic E-state index is -2.67. The maximum Gasteiger partial charge on any atom is 0.149 e. The Morgan fingerprint density at radius 1 is 0.720 bits per heavy atom. The van der Waals surface area contributed by atoms with E-state index >= 15 is 0 Å². The highest BCUT2D eigenvalue weighted by atomic mass is 32.2. The summed E-state index contributed by atoms with van der Waals surface area (Å²) in [7, 11) is 1.64. The van der Waals surface area contributed by atoms with Crippen LogP contribution in [0.25, 0.3) is 0 Å². The van der Waals surface area contributed by atoms with Gasteiger partial charge < -0.3 is 0 Å². The monoisotopic (exact) mass is 382 g/mol. The van der Waals surface area contributed by atoms with Gasteiger partial charge in [0.25, 0.3) is 0 Å². The van der Waals surface area contributed by atoms with Crippen LogP contribution in [0.4, 0.5) is 0 Å². The molecule has 25 heavy (non-hydrogen) atoms. The van der Waals surface area contributed by atoms with E-state index in [0.717, 1.165) is 12.5 Å². The first-order valence-corrected chi connectivity index (χ1v) is 11.1. The predicted octanol–water partition coefficient (Wildman–Crippen LogP) is 4.75. The molecule has 0 radical (unpaired) electrons. The van der Waals surface area contributed by atoms with E-state index in [1.165, 1.54) is 38.8 Å². The molecule has 0 atom stereocenters. The molecule has 0 aromatic rings. The molecule has 0 fully saturated rings. The first-order valence-electron chi connectivity index (χ1n) is 8.83. The molecule has 5 heteroatoms. The van der Waals surface area contributed by atoms with Gasteiger partial charge in [0.05, 0.1) is 0 Å². The Labute approximate surface area is 161 Å². The normalized spacial score (nSPS) is 14.8. The van der Waals surface area contributed by atoms with Crippen molar-refractivity contribution < 1.29 is 17.6 Å². The van der Waals surface area contributed by atoms with Gasteiger partial charge in [-0.15, -0.1) is 0 Å². The van der Waals surface area contributed by atoms with E-state index in [9.17, 15) is 8.42 Å². The quantitative estimate of drug-likeness (QED) is 0.567. The van der Waals surface area contributed by atoms with Crippen LogP contribution in [-0.4, -0.2) is 68.7 Å². The number of sulfone groups is 1. The van der Waals surface area contributed by atoms with Crippen molar-refractivity contribution in [2.24, 2.45) is 0 Å². The maximum absolute atomic E-state index is 9.63. The fourth-order valence-electron chi connectivity index (χ4n) is 1.91. The molecule has 0 aliphatic carbocycles.